The summed E-state index contributed by atoms with van der Waals surface area (Å²) in [5, 5.41) is 2.73. The number of esters is 1. The van der Waals surface area contributed by atoms with Crippen molar-refractivity contribution in [2.75, 3.05) is 7.11 Å². The molecule has 126 valence electrons. The molecule has 2 aromatic rings. The number of nitrogens with one attached hydrogen (secondary N) is 1. The Morgan fingerprint density at radius 2 is 1.88 bits per heavy atom. The number of hydrogen-bond donors (Lipinski definition) is 1. The van der Waals surface area contributed by atoms with Crippen molar-refractivity contribution in [2.45, 2.75) is 26.5 Å². The number of aryl methyl sites for hydroxylation is 1. The molecule has 1 unspecified atom stereocenters. The van der Waals surface area contributed by atoms with Crippen molar-refractivity contribution >= 4 is 11.9 Å². The number of nitrogens with zero attached hydrogens (tertiary/aromatic N) is 1. The fraction of sp³-hybridized carbons (Fsp3) is 0.278. The molecule has 0 saturated heterocycles. The first-order valence-corrected chi connectivity index (χ1v) is 7.54. The summed E-state index contributed by atoms with van der Waals surface area (Å²) in [7, 11) is 1.59. The maximum Gasteiger partial charge on any atom is 0.340 e. The molecule has 0 radical (unpaired) electrons. The van der Waals surface area contributed by atoms with Crippen LogP contribution in [0.4, 0.5) is 0 Å². The molecule has 0 bridgehead atoms. The molecule has 1 aromatic heterocycles. The normalized spacial score (nSPS) is 11.5. The molecule has 0 aliphatic heterocycles. The summed E-state index contributed by atoms with van der Waals surface area (Å²) < 4.78 is 10.2. The second-order valence-electron chi connectivity index (χ2n) is 5.30. The zero-order valence-corrected chi connectivity index (χ0v) is 13.9. The molecule has 0 aliphatic rings. The number of aromatic nitrogens is 1. The first-order valence-electron chi connectivity index (χ1n) is 7.54. The van der Waals surface area contributed by atoms with Crippen molar-refractivity contribution in [3.63, 3.8) is 0 Å². The summed E-state index contributed by atoms with van der Waals surface area (Å²) in [4.78, 5) is 28.0. The van der Waals surface area contributed by atoms with Crippen molar-refractivity contribution in [2.24, 2.45) is 0 Å². The first kappa shape index (κ1) is 17.5. The lowest BCUT2D eigenvalue weighted by atomic mass is 10.2. The Morgan fingerprint density at radius 1 is 1.17 bits per heavy atom. The van der Waals surface area contributed by atoms with Crippen LogP contribution in [0.5, 0.6) is 5.75 Å². The Labute approximate surface area is 140 Å². The van der Waals surface area contributed by atoms with Gasteiger partial charge < -0.3 is 14.8 Å². The van der Waals surface area contributed by atoms with Crippen LogP contribution >= 0.6 is 0 Å². The number of benzene rings is 1. The van der Waals surface area contributed by atoms with Crippen LogP contribution in [0.2, 0.25) is 0 Å². The number of amides is 1. The smallest absolute Gasteiger partial charge is 0.340 e. The molecule has 1 atom stereocenters. The third-order valence-corrected chi connectivity index (χ3v) is 3.43. The second kappa shape index (κ2) is 8.10. The minimum Gasteiger partial charge on any atom is -0.497 e. The van der Waals surface area contributed by atoms with Crippen molar-refractivity contribution < 1.29 is 19.1 Å². The predicted molar refractivity (Wildman–Crippen MR) is 88.7 cm³/mol. The van der Waals surface area contributed by atoms with E-state index < -0.39 is 12.1 Å². The monoisotopic (exact) mass is 328 g/mol. The maximum atomic E-state index is 12.0. The Bertz CT molecular complexity index is 696. The van der Waals surface area contributed by atoms with E-state index in [4.69, 9.17) is 9.47 Å². The van der Waals surface area contributed by atoms with E-state index in [0.717, 1.165) is 17.0 Å². The van der Waals surface area contributed by atoms with Crippen molar-refractivity contribution in [1.29, 1.82) is 0 Å². The topological polar surface area (TPSA) is 77.5 Å². The Kier molecular flexibility index (Phi) is 5.89. The van der Waals surface area contributed by atoms with Crippen molar-refractivity contribution in [3.05, 3.63) is 59.4 Å². The second-order valence-corrected chi connectivity index (χ2v) is 5.30. The van der Waals surface area contributed by atoms with Gasteiger partial charge in [-0.25, -0.2) is 4.79 Å². The molecule has 1 heterocycles. The van der Waals surface area contributed by atoms with E-state index in [-0.39, 0.29) is 5.91 Å². The number of methoxy groups -OCH3 is 1. The van der Waals surface area contributed by atoms with Crippen LogP contribution in [0.25, 0.3) is 0 Å². The summed E-state index contributed by atoms with van der Waals surface area (Å²) in [6.45, 7) is 3.70. The highest BCUT2D eigenvalue weighted by Gasteiger charge is 2.18. The Hall–Kier alpha value is -2.89. The van der Waals surface area contributed by atoms with Gasteiger partial charge in [0, 0.05) is 18.4 Å². The van der Waals surface area contributed by atoms with Gasteiger partial charge >= 0.3 is 5.97 Å². The van der Waals surface area contributed by atoms with Gasteiger partial charge in [0.25, 0.3) is 5.91 Å². The molecule has 0 saturated carbocycles. The van der Waals surface area contributed by atoms with Gasteiger partial charge in [0.15, 0.2) is 6.10 Å². The van der Waals surface area contributed by atoms with Gasteiger partial charge in [-0.2, -0.15) is 0 Å². The zero-order valence-electron chi connectivity index (χ0n) is 13.9. The fourth-order valence-corrected chi connectivity index (χ4v) is 1.95. The summed E-state index contributed by atoms with van der Waals surface area (Å²) in [6.07, 6.45) is 0.539. The molecule has 1 amide bonds. The standard InChI is InChI=1S/C18H20N2O4/c1-12-4-7-15(11-19-12)18(22)24-13(2)17(21)20-10-14-5-8-16(23-3)9-6-14/h4-9,11,13H,10H2,1-3H3,(H,20,21). The number of pyridine rings is 1. The molecule has 2 rings (SSSR count). The van der Waals surface area contributed by atoms with Crippen LogP contribution in [0, 0.1) is 6.92 Å². The lowest BCUT2D eigenvalue weighted by Gasteiger charge is -2.13. The molecular formula is C18H20N2O4. The maximum absolute atomic E-state index is 12.0. The summed E-state index contributed by atoms with van der Waals surface area (Å²) >= 11 is 0. The number of rotatable bonds is 6. The van der Waals surface area contributed by atoms with E-state index in [1.165, 1.54) is 13.1 Å². The Balaban J connectivity index is 1.84. The van der Waals surface area contributed by atoms with E-state index >= 15 is 0 Å². The summed E-state index contributed by atoms with van der Waals surface area (Å²) in [6, 6.07) is 10.7. The van der Waals surface area contributed by atoms with Gasteiger partial charge in [0.05, 0.1) is 12.7 Å². The largest absolute Gasteiger partial charge is 0.497 e. The van der Waals surface area contributed by atoms with Crippen LogP contribution in [-0.2, 0) is 16.1 Å². The van der Waals surface area contributed by atoms with Crippen molar-refractivity contribution in [3.8, 4) is 5.75 Å². The average Bonchev–Trinajstić information content (AvgIpc) is 2.60. The molecule has 0 spiro atoms. The van der Waals surface area contributed by atoms with Gasteiger partial charge in [-0.1, -0.05) is 12.1 Å². The van der Waals surface area contributed by atoms with Crippen LogP contribution in [0.3, 0.4) is 0 Å². The van der Waals surface area contributed by atoms with Gasteiger partial charge in [-0.05, 0) is 43.7 Å². The summed E-state index contributed by atoms with van der Waals surface area (Å²) in [5.74, 6) is -0.187. The highest BCUT2D eigenvalue weighted by molar-refractivity contribution is 5.91. The third kappa shape index (κ3) is 4.81. The highest BCUT2D eigenvalue weighted by atomic mass is 16.5. The highest BCUT2D eigenvalue weighted by Crippen LogP contribution is 2.11. The number of hydrogen-bond acceptors (Lipinski definition) is 5. The van der Waals surface area contributed by atoms with E-state index in [0.29, 0.717) is 12.1 Å². The van der Waals surface area contributed by atoms with Gasteiger partial charge in [-0.15, -0.1) is 0 Å². The van der Waals surface area contributed by atoms with Gasteiger partial charge in [-0.3, -0.25) is 9.78 Å². The van der Waals surface area contributed by atoms with E-state index in [1.807, 2.05) is 31.2 Å². The fourth-order valence-electron chi connectivity index (χ4n) is 1.95. The van der Waals surface area contributed by atoms with Gasteiger partial charge in [0.2, 0.25) is 0 Å². The molecule has 1 aromatic carbocycles. The van der Waals surface area contributed by atoms with Crippen LogP contribution in [-0.4, -0.2) is 30.1 Å². The molecular weight excluding hydrogens is 308 g/mol. The zero-order chi connectivity index (χ0) is 17.5. The van der Waals surface area contributed by atoms with E-state index in [9.17, 15) is 9.59 Å². The number of ether oxygens (including phenoxy) is 2. The lowest BCUT2D eigenvalue weighted by molar-refractivity contribution is -0.129. The van der Waals surface area contributed by atoms with Crippen molar-refractivity contribution in [1.82, 2.24) is 10.3 Å². The molecule has 1 N–H and O–H groups in total. The number of carbonyl (C=O) groups is 2. The minimum atomic E-state index is -0.892. The quantitative estimate of drug-likeness (QED) is 0.823. The number of carbonyl (C=O) groups excluding carboxylic acids is 2. The van der Waals surface area contributed by atoms with Crippen LogP contribution in [0.15, 0.2) is 42.6 Å². The molecule has 6 nitrogen and oxygen atoms in total. The van der Waals surface area contributed by atoms with E-state index in [2.05, 4.69) is 10.3 Å². The third-order valence-electron chi connectivity index (χ3n) is 3.43. The minimum absolute atomic E-state index is 0.315. The molecule has 6 heteroatoms. The average molecular weight is 328 g/mol. The van der Waals surface area contributed by atoms with Crippen LogP contribution < -0.4 is 10.1 Å². The van der Waals surface area contributed by atoms with Gasteiger partial charge in [0.1, 0.15) is 5.75 Å². The van der Waals surface area contributed by atoms with E-state index in [1.54, 1.807) is 19.2 Å². The molecule has 24 heavy (non-hydrogen) atoms. The Morgan fingerprint density at radius 3 is 2.46 bits per heavy atom. The predicted octanol–water partition coefficient (Wildman–Crippen LogP) is 2.26. The SMILES string of the molecule is COc1ccc(CNC(=O)C(C)OC(=O)c2ccc(C)nc2)cc1. The molecule has 0 fully saturated rings. The first-order chi connectivity index (χ1) is 11.5. The lowest BCUT2D eigenvalue weighted by Crippen LogP contribution is -2.35. The summed E-state index contributed by atoms with van der Waals surface area (Å²) in [5.41, 5.74) is 2.04. The molecule has 0 aliphatic carbocycles. The van der Waals surface area contributed by atoms with Crippen LogP contribution in [0.1, 0.15) is 28.5 Å².